The van der Waals surface area contributed by atoms with Crippen LogP contribution in [0.5, 0.6) is 0 Å². The summed E-state index contributed by atoms with van der Waals surface area (Å²) >= 11 is 5.59. The van der Waals surface area contributed by atoms with Gasteiger partial charge in [-0.15, -0.1) is 6.58 Å². The van der Waals surface area contributed by atoms with Crippen molar-refractivity contribution in [3.05, 3.63) is 35.8 Å². The lowest BCUT2D eigenvalue weighted by atomic mass is 10.3. The topological polar surface area (TPSA) is 59.8 Å². The summed E-state index contributed by atoms with van der Waals surface area (Å²) in [5.74, 6) is -0.841. The molecule has 0 unspecified atom stereocenters. The van der Waals surface area contributed by atoms with Crippen molar-refractivity contribution in [2.24, 2.45) is 0 Å². The van der Waals surface area contributed by atoms with Gasteiger partial charge in [0.25, 0.3) is 5.91 Å². The Kier molecular flexibility index (Phi) is 5.45. The van der Waals surface area contributed by atoms with E-state index in [0.717, 1.165) is 0 Å². The Hall–Kier alpha value is -1.75. The van der Waals surface area contributed by atoms with Crippen LogP contribution >= 0.6 is 11.6 Å². The summed E-state index contributed by atoms with van der Waals surface area (Å²) in [5.41, 5.74) is 0. The lowest BCUT2D eigenvalue weighted by molar-refractivity contribution is -0.143. The second-order valence-corrected chi connectivity index (χ2v) is 3.76. The number of ether oxygens (including phenoxy) is 1. The van der Waals surface area contributed by atoms with Crippen LogP contribution in [0.1, 0.15) is 17.5 Å². The number of carbonyl (C=O) groups is 2. The van der Waals surface area contributed by atoms with Gasteiger partial charge in [0.1, 0.15) is 6.54 Å². The highest BCUT2D eigenvalue weighted by Crippen LogP contribution is 2.15. The van der Waals surface area contributed by atoms with Crippen LogP contribution in [-0.2, 0) is 9.53 Å². The van der Waals surface area contributed by atoms with E-state index in [1.54, 1.807) is 6.92 Å². The van der Waals surface area contributed by atoms with Gasteiger partial charge >= 0.3 is 5.97 Å². The number of hydrogen-bond acceptors (Lipinski definition) is 4. The van der Waals surface area contributed by atoms with Crippen molar-refractivity contribution in [2.45, 2.75) is 6.92 Å². The predicted molar refractivity (Wildman–Crippen MR) is 66.5 cm³/mol. The predicted octanol–water partition coefficient (Wildman–Crippen LogP) is 2.12. The number of amides is 1. The summed E-state index contributed by atoms with van der Waals surface area (Å²) in [6, 6.07) is 2.91. The van der Waals surface area contributed by atoms with Gasteiger partial charge in [-0.25, -0.2) is 0 Å². The molecular weight excluding hydrogens is 258 g/mol. The third-order valence-corrected chi connectivity index (χ3v) is 2.25. The minimum Gasteiger partial charge on any atom is -0.465 e. The first-order chi connectivity index (χ1) is 8.58. The van der Waals surface area contributed by atoms with Crippen molar-refractivity contribution in [1.82, 2.24) is 4.90 Å². The molecular formula is C12H14ClNO4. The van der Waals surface area contributed by atoms with E-state index >= 15 is 0 Å². The van der Waals surface area contributed by atoms with Crippen LogP contribution in [0.15, 0.2) is 29.2 Å². The standard InChI is InChI=1S/C12H14ClNO4/c1-3-7-14(8-11(15)17-4-2)12(16)9-5-6-10(13)18-9/h3,5-6H,1,4,7-8H2,2H3. The summed E-state index contributed by atoms with van der Waals surface area (Å²) in [7, 11) is 0. The molecule has 0 saturated carbocycles. The van der Waals surface area contributed by atoms with Gasteiger partial charge in [0, 0.05) is 6.54 Å². The second-order valence-electron chi connectivity index (χ2n) is 3.38. The number of hydrogen-bond donors (Lipinski definition) is 0. The van der Waals surface area contributed by atoms with Crippen molar-refractivity contribution in [3.63, 3.8) is 0 Å². The van der Waals surface area contributed by atoms with Gasteiger partial charge in [-0.2, -0.15) is 0 Å². The Balaban J connectivity index is 2.74. The fourth-order valence-electron chi connectivity index (χ4n) is 1.32. The summed E-state index contributed by atoms with van der Waals surface area (Å²) in [4.78, 5) is 24.6. The first-order valence-electron chi connectivity index (χ1n) is 5.39. The smallest absolute Gasteiger partial charge is 0.325 e. The van der Waals surface area contributed by atoms with Crippen LogP contribution in [0.25, 0.3) is 0 Å². The molecule has 0 aromatic carbocycles. The first-order valence-corrected chi connectivity index (χ1v) is 5.77. The van der Waals surface area contributed by atoms with Gasteiger partial charge in [-0.05, 0) is 30.7 Å². The molecule has 1 aromatic heterocycles. The molecule has 6 heteroatoms. The Labute approximate surface area is 110 Å². The van der Waals surface area contributed by atoms with E-state index in [1.807, 2.05) is 0 Å². The van der Waals surface area contributed by atoms with E-state index in [0.29, 0.717) is 0 Å². The molecule has 5 nitrogen and oxygen atoms in total. The van der Waals surface area contributed by atoms with Crippen LogP contribution < -0.4 is 0 Å². The zero-order chi connectivity index (χ0) is 13.5. The summed E-state index contributed by atoms with van der Waals surface area (Å²) < 4.78 is 9.79. The zero-order valence-electron chi connectivity index (χ0n) is 10.0. The molecule has 0 radical (unpaired) electrons. The molecule has 0 aliphatic heterocycles. The molecule has 0 spiro atoms. The van der Waals surface area contributed by atoms with Crippen LogP contribution in [0.3, 0.4) is 0 Å². The van der Waals surface area contributed by atoms with Gasteiger partial charge in [-0.1, -0.05) is 6.08 Å². The van der Waals surface area contributed by atoms with Gasteiger partial charge in [0.15, 0.2) is 11.0 Å². The quantitative estimate of drug-likeness (QED) is 0.587. The van der Waals surface area contributed by atoms with Crippen LogP contribution in [-0.4, -0.2) is 36.5 Å². The van der Waals surface area contributed by atoms with Gasteiger partial charge in [0.05, 0.1) is 6.61 Å². The first kappa shape index (κ1) is 14.3. The Morgan fingerprint density at radius 1 is 1.56 bits per heavy atom. The molecule has 98 valence electrons. The van der Waals surface area contributed by atoms with Gasteiger partial charge < -0.3 is 14.1 Å². The molecule has 0 aliphatic carbocycles. The van der Waals surface area contributed by atoms with Crippen molar-refractivity contribution in [2.75, 3.05) is 19.7 Å². The maximum atomic E-state index is 12.0. The highest BCUT2D eigenvalue weighted by molar-refractivity contribution is 6.29. The van der Waals surface area contributed by atoms with Gasteiger partial charge in [-0.3, -0.25) is 9.59 Å². The number of furan rings is 1. The zero-order valence-corrected chi connectivity index (χ0v) is 10.8. The normalized spacial score (nSPS) is 9.89. The molecule has 18 heavy (non-hydrogen) atoms. The fraction of sp³-hybridized carbons (Fsp3) is 0.333. The van der Waals surface area contributed by atoms with Gasteiger partial charge in [0.2, 0.25) is 0 Å². The molecule has 0 saturated heterocycles. The van der Waals surface area contributed by atoms with E-state index in [1.165, 1.54) is 23.1 Å². The molecule has 0 atom stereocenters. The second kappa shape index (κ2) is 6.86. The monoisotopic (exact) mass is 271 g/mol. The molecule has 1 heterocycles. The van der Waals surface area contributed by atoms with Crippen molar-refractivity contribution in [1.29, 1.82) is 0 Å². The lowest BCUT2D eigenvalue weighted by Gasteiger charge is -2.18. The van der Waals surface area contributed by atoms with Crippen LogP contribution in [0.4, 0.5) is 0 Å². The number of rotatable bonds is 6. The molecule has 0 fully saturated rings. The van der Waals surface area contributed by atoms with Crippen molar-refractivity contribution in [3.8, 4) is 0 Å². The molecule has 1 rings (SSSR count). The maximum Gasteiger partial charge on any atom is 0.325 e. The van der Waals surface area contributed by atoms with Crippen LogP contribution in [0, 0.1) is 0 Å². The molecule has 0 bridgehead atoms. The van der Waals surface area contributed by atoms with E-state index < -0.39 is 11.9 Å². The molecule has 1 aromatic rings. The number of carbonyl (C=O) groups excluding carboxylic acids is 2. The minimum absolute atomic E-state index is 0.0751. The highest BCUT2D eigenvalue weighted by Gasteiger charge is 2.21. The third-order valence-electron chi connectivity index (χ3n) is 2.05. The van der Waals surface area contributed by atoms with E-state index in [-0.39, 0.29) is 30.7 Å². The SMILES string of the molecule is C=CCN(CC(=O)OCC)C(=O)c1ccc(Cl)o1. The summed E-state index contributed by atoms with van der Waals surface area (Å²) in [6.07, 6.45) is 1.52. The fourth-order valence-corrected chi connectivity index (χ4v) is 1.47. The van der Waals surface area contributed by atoms with Crippen molar-refractivity contribution >= 4 is 23.5 Å². The maximum absolute atomic E-state index is 12.0. The number of esters is 1. The van der Waals surface area contributed by atoms with E-state index in [9.17, 15) is 9.59 Å². The number of nitrogens with zero attached hydrogens (tertiary/aromatic N) is 1. The third kappa shape index (κ3) is 3.92. The molecule has 0 aliphatic rings. The minimum atomic E-state index is -0.481. The van der Waals surface area contributed by atoms with Crippen molar-refractivity contribution < 1.29 is 18.7 Å². The van der Waals surface area contributed by atoms with Crippen LogP contribution in [0.2, 0.25) is 5.22 Å². The summed E-state index contributed by atoms with van der Waals surface area (Å²) in [6.45, 7) is 5.56. The Bertz CT molecular complexity index is 441. The van der Waals surface area contributed by atoms with E-state index in [4.69, 9.17) is 20.8 Å². The largest absolute Gasteiger partial charge is 0.465 e. The lowest BCUT2D eigenvalue weighted by Crippen LogP contribution is -2.36. The summed E-state index contributed by atoms with van der Waals surface area (Å²) in [5, 5.41) is 0.119. The average molecular weight is 272 g/mol. The Morgan fingerprint density at radius 2 is 2.28 bits per heavy atom. The highest BCUT2D eigenvalue weighted by atomic mass is 35.5. The van der Waals surface area contributed by atoms with E-state index in [2.05, 4.69) is 6.58 Å². The molecule has 0 N–H and O–H groups in total. The Morgan fingerprint density at radius 3 is 2.78 bits per heavy atom. The average Bonchev–Trinajstić information content (AvgIpc) is 2.75. The molecule has 1 amide bonds. The number of halogens is 1.